The molecule has 1 heterocycles. The van der Waals surface area contributed by atoms with Crippen LogP contribution in [0.15, 0.2) is 27.2 Å². The molecule has 0 saturated carbocycles. The molecule has 0 spiro atoms. The summed E-state index contributed by atoms with van der Waals surface area (Å²) in [5.74, 6) is 6.30. The first-order valence-corrected chi connectivity index (χ1v) is 7.81. The van der Waals surface area contributed by atoms with E-state index in [4.69, 9.17) is 4.74 Å². The van der Waals surface area contributed by atoms with E-state index in [1.165, 1.54) is 16.4 Å². The van der Waals surface area contributed by atoms with Crippen molar-refractivity contribution in [3.63, 3.8) is 0 Å². The molecule has 0 aromatic carbocycles. The summed E-state index contributed by atoms with van der Waals surface area (Å²) in [5.41, 5.74) is 0. The van der Waals surface area contributed by atoms with Crippen molar-refractivity contribution in [3.05, 3.63) is 32.0 Å². The third kappa shape index (κ3) is 4.46. The van der Waals surface area contributed by atoms with Crippen LogP contribution in [0.2, 0.25) is 0 Å². The van der Waals surface area contributed by atoms with Crippen LogP contribution in [-0.4, -0.2) is 12.7 Å². The summed E-state index contributed by atoms with van der Waals surface area (Å²) in [5, 5.41) is 2.05. The Balaban J connectivity index is 1.69. The summed E-state index contributed by atoms with van der Waals surface area (Å²) in [6, 6.07) is 4.08. The molecule has 1 aromatic heterocycles. The normalized spacial score (nSPS) is 19.4. The molecule has 1 atom stereocenters. The van der Waals surface area contributed by atoms with E-state index in [1.54, 1.807) is 11.3 Å². The Kier molecular flexibility index (Phi) is 5.56. The fraction of sp³-hybridized carbons (Fsp3) is 0.429. The number of ether oxygens (including phenoxy) is 1. The van der Waals surface area contributed by atoms with Gasteiger partial charge in [-0.2, -0.15) is 0 Å². The van der Waals surface area contributed by atoms with Gasteiger partial charge < -0.3 is 4.74 Å². The summed E-state index contributed by atoms with van der Waals surface area (Å²) in [6.07, 6.45) is 7.04. The van der Waals surface area contributed by atoms with Crippen LogP contribution in [0, 0.1) is 11.8 Å². The predicted octanol–water partition coefficient (Wildman–Crippen LogP) is 4.38. The van der Waals surface area contributed by atoms with Gasteiger partial charge in [-0.1, -0.05) is 24.0 Å². The number of thiophene rings is 1. The molecule has 2 rings (SSSR count). The van der Waals surface area contributed by atoms with E-state index in [0.29, 0.717) is 6.10 Å². The van der Waals surface area contributed by atoms with Crippen LogP contribution in [0.5, 0.6) is 0 Å². The molecule has 0 saturated heterocycles. The second kappa shape index (κ2) is 7.20. The maximum Gasteiger partial charge on any atom is 0.0878 e. The molecule has 0 radical (unpaired) electrons. The fourth-order valence-electron chi connectivity index (χ4n) is 1.73. The Labute approximate surface area is 120 Å². The molecule has 1 aliphatic rings. The van der Waals surface area contributed by atoms with Gasteiger partial charge in [-0.25, -0.2) is 0 Å². The zero-order chi connectivity index (χ0) is 11.9. The van der Waals surface area contributed by atoms with Gasteiger partial charge in [0.2, 0.25) is 0 Å². The molecule has 0 N–H and O–H groups in total. The first-order valence-electron chi connectivity index (χ1n) is 5.86. The summed E-state index contributed by atoms with van der Waals surface area (Å²) >= 11 is 4.07. The zero-order valence-corrected chi connectivity index (χ0v) is 12.6. The zero-order valence-electron chi connectivity index (χ0n) is 9.62. The van der Waals surface area contributed by atoms with Crippen molar-refractivity contribution in [3.8, 4) is 11.8 Å². The lowest BCUT2D eigenvalue weighted by Crippen LogP contribution is -2.16. The average molecular weight is 358 g/mol. The minimum Gasteiger partial charge on any atom is -0.372 e. The lowest BCUT2D eigenvalue weighted by atomic mass is 10.1. The highest BCUT2D eigenvalue weighted by Gasteiger charge is 2.15. The van der Waals surface area contributed by atoms with Gasteiger partial charge in [-0.05, 0) is 53.3 Å². The molecule has 0 aliphatic heterocycles. The van der Waals surface area contributed by atoms with E-state index in [2.05, 4.69) is 45.9 Å². The average Bonchev–Trinajstić information content (AvgIpc) is 2.84. The molecule has 90 valence electrons. The maximum absolute atomic E-state index is 5.84. The number of allylic oxidation sites excluding steroid dienone is 1. The minimum atomic E-state index is 0.327. The van der Waals surface area contributed by atoms with Crippen LogP contribution in [0.1, 0.15) is 30.6 Å². The Hall–Kier alpha value is -0.310. The molecule has 1 aromatic rings. The first-order chi connectivity index (χ1) is 8.36. The highest BCUT2D eigenvalue weighted by Crippen LogP contribution is 2.26. The van der Waals surface area contributed by atoms with Crippen molar-refractivity contribution in [2.45, 2.75) is 31.8 Å². The van der Waals surface area contributed by atoms with Gasteiger partial charge in [0.05, 0.1) is 17.6 Å². The number of halogens is 1. The van der Waals surface area contributed by atoms with Gasteiger partial charge in [0.15, 0.2) is 0 Å². The summed E-state index contributed by atoms with van der Waals surface area (Å²) in [6.45, 7) is 0.739. The van der Waals surface area contributed by atoms with Crippen molar-refractivity contribution in [2.24, 2.45) is 0 Å². The highest BCUT2D eigenvalue weighted by atomic mass is 127. The Morgan fingerprint density at radius 1 is 1.53 bits per heavy atom. The van der Waals surface area contributed by atoms with Crippen molar-refractivity contribution in [1.82, 2.24) is 0 Å². The second-order valence-electron chi connectivity index (χ2n) is 3.91. The Morgan fingerprint density at radius 3 is 3.24 bits per heavy atom. The molecule has 17 heavy (non-hydrogen) atoms. The predicted molar refractivity (Wildman–Crippen MR) is 81.5 cm³/mol. The monoisotopic (exact) mass is 358 g/mol. The van der Waals surface area contributed by atoms with Gasteiger partial charge in [0, 0.05) is 10.0 Å². The highest BCUT2D eigenvalue weighted by molar-refractivity contribution is 14.1. The molecule has 1 unspecified atom stereocenters. The van der Waals surface area contributed by atoms with E-state index in [9.17, 15) is 0 Å². The van der Waals surface area contributed by atoms with E-state index in [-0.39, 0.29) is 0 Å². The largest absolute Gasteiger partial charge is 0.372 e. The Bertz CT molecular complexity index is 425. The molecule has 1 nitrogen and oxygen atoms in total. The first kappa shape index (κ1) is 13.1. The van der Waals surface area contributed by atoms with Crippen molar-refractivity contribution in [2.75, 3.05) is 6.61 Å². The standard InChI is InChI=1S/C14H15IOS/c15-13-8-1-2-9-14(13)16-10-4-3-6-12-7-5-11-17-12/h5,7-8,11,14H,1-2,4,9-10H2. The summed E-state index contributed by atoms with van der Waals surface area (Å²) in [7, 11) is 0. The maximum atomic E-state index is 5.84. The molecular formula is C14H15IOS. The summed E-state index contributed by atoms with van der Waals surface area (Å²) < 4.78 is 7.20. The lowest BCUT2D eigenvalue weighted by Gasteiger charge is -2.20. The van der Waals surface area contributed by atoms with Crippen LogP contribution >= 0.6 is 33.9 Å². The molecule has 0 bridgehead atoms. The van der Waals surface area contributed by atoms with Crippen LogP contribution in [-0.2, 0) is 4.74 Å². The lowest BCUT2D eigenvalue weighted by molar-refractivity contribution is 0.0785. The number of rotatable bonds is 3. The molecule has 3 heteroatoms. The molecule has 0 amide bonds. The van der Waals surface area contributed by atoms with Crippen LogP contribution in [0.4, 0.5) is 0 Å². The van der Waals surface area contributed by atoms with Gasteiger partial charge >= 0.3 is 0 Å². The third-order valence-electron chi connectivity index (χ3n) is 2.60. The van der Waals surface area contributed by atoms with Gasteiger partial charge in [-0.3, -0.25) is 0 Å². The Morgan fingerprint density at radius 2 is 2.47 bits per heavy atom. The van der Waals surface area contributed by atoms with Gasteiger partial charge in [-0.15, -0.1) is 11.3 Å². The summed E-state index contributed by atoms with van der Waals surface area (Å²) in [4.78, 5) is 1.14. The molecular weight excluding hydrogens is 343 g/mol. The minimum absolute atomic E-state index is 0.327. The number of hydrogen-bond donors (Lipinski definition) is 0. The van der Waals surface area contributed by atoms with Crippen LogP contribution in [0.3, 0.4) is 0 Å². The third-order valence-corrected chi connectivity index (χ3v) is 4.52. The van der Waals surface area contributed by atoms with E-state index in [0.717, 1.165) is 24.3 Å². The molecule has 0 fully saturated rings. The van der Waals surface area contributed by atoms with E-state index >= 15 is 0 Å². The van der Waals surface area contributed by atoms with Crippen LogP contribution < -0.4 is 0 Å². The van der Waals surface area contributed by atoms with Crippen LogP contribution in [0.25, 0.3) is 0 Å². The van der Waals surface area contributed by atoms with Crippen molar-refractivity contribution < 1.29 is 4.74 Å². The fourth-order valence-corrected chi connectivity index (χ4v) is 3.12. The molecule has 1 aliphatic carbocycles. The van der Waals surface area contributed by atoms with Gasteiger partial charge in [0.1, 0.15) is 0 Å². The van der Waals surface area contributed by atoms with Crippen molar-refractivity contribution >= 4 is 33.9 Å². The second-order valence-corrected chi connectivity index (χ2v) is 6.10. The van der Waals surface area contributed by atoms with E-state index in [1.807, 2.05) is 12.1 Å². The number of hydrogen-bond acceptors (Lipinski definition) is 2. The van der Waals surface area contributed by atoms with Crippen molar-refractivity contribution in [1.29, 1.82) is 0 Å². The SMILES string of the molecule is IC1=CCCCC1OCCC#Cc1cccs1. The quantitative estimate of drug-likeness (QED) is 0.443. The topological polar surface area (TPSA) is 9.23 Å². The smallest absolute Gasteiger partial charge is 0.0878 e. The van der Waals surface area contributed by atoms with Gasteiger partial charge in [0.25, 0.3) is 0 Å². The van der Waals surface area contributed by atoms with E-state index < -0.39 is 0 Å².